The lowest BCUT2D eigenvalue weighted by molar-refractivity contribution is -0.113. The summed E-state index contributed by atoms with van der Waals surface area (Å²) in [6, 6.07) is 6.73. The highest BCUT2D eigenvalue weighted by molar-refractivity contribution is 7.99. The first-order valence-electron chi connectivity index (χ1n) is 7.00. The first-order valence-corrected chi connectivity index (χ1v) is 8.36. The van der Waals surface area contributed by atoms with Crippen molar-refractivity contribution in [1.82, 2.24) is 9.97 Å². The molecule has 1 heterocycles. The fraction of sp³-hybridized carbons (Fsp3) is 0.267. The molecule has 0 unspecified atom stereocenters. The monoisotopic (exact) mass is 353 g/mol. The van der Waals surface area contributed by atoms with Gasteiger partial charge >= 0.3 is 0 Å². The Balaban J connectivity index is 1.96. The maximum atomic E-state index is 11.9. The quantitative estimate of drug-likeness (QED) is 0.548. The van der Waals surface area contributed by atoms with Crippen molar-refractivity contribution >= 4 is 35.0 Å². The number of aromatic nitrogens is 2. The number of halogens is 1. The van der Waals surface area contributed by atoms with E-state index in [2.05, 4.69) is 15.3 Å². The molecular weight excluding hydrogens is 338 g/mol. The van der Waals surface area contributed by atoms with Crippen LogP contribution < -0.4 is 10.9 Å². The molecular formula is C15H16ClN3O3S. The number of benzene rings is 1. The number of hydrogen-bond acceptors (Lipinski definition) is 5. The topological polar surface area (TPSA) is 95.1 Å². The number of H-pyrrole nitrogens is 1. The van der Waals surface area contributed by atoms with Gasteiger partial charge in [0.1, 0.15) is 0 Å². The molecule has 1 amide bonds. The highest BCUT2D eigenvalue weighted by atomic mass is 35.5. The molecule has 8 heteroatoms. The molecule has 23 heavy (non-hydrogen) atoms. The van der Waals surface area contributed by atoms with Crippen LogP contribution in [-0.4, -0.2) is 26.7 Å². The second-order valence-corrected chi connectivity index (χ2v) is 6.17. The zero-order valence-electron chi connectivity index (χ0n) is 12.4. The van der Waals surface area contributed by atoms with E-state index in [9.17, 15) is 14.7 Å². The smallest absolute Gasteiger partial charge is 0.258 e. The number of rotatable bonds is 6. The molecule has 3 N–H and O–H groups in total. The van der Waals surface area contributed by atoms with Crippen LogP contribution in [-0.2, 0) is 11.2 Å². The van der Waals surface area contributed by atoms with Crippen LogP contribution in [0.1, 0.15) is 18.9 Å². The number of aromatic hydroxyl groups is 1. The fourth-order valence-electron chi connectivity index (χ4n) is 1.87. The van der Waals surface area contributed by atoms with E-state index in [4.69, 9.17) is 11.6 Å². The standard InChI is InChI=1S/C15H16ClN3O3S/c1-2-3-11-13(21)18-15(19-14(11)22)23-8-12(20)17-10-6-4-9(16)5-7-10/h4-7H,2-3,8H2,1H3,(H,17,20)(H2,18,19,21,22). The van der Waals surface area contributed by atoms with Crippen LogP contribution in [0.3, 0.4) is 0 Å². The van der Waals surface area contributed by atoms with Crippen molar-refractivity contribution in [3.8, 4) is 5.88 Å². The molecule has 0 spiro atoms. The molecule has 2 aromatic rings. The van der Waals surface area contributed by atoms with E-state index in [0.29, 0.717) is 17.1 Å². The van der Waals surface area contributed by atoms with Gasteiger partial charge in [0, 0.05) is 10.7 Å². The Bertz CT molecular complexity index is 747. The number of amides is 1. The van der Waals surface area contributed by atoms with E-state index in [1.807, 2.05) is 6.92 Å². The van der Waals surface area contributed by atoms with Crippen LogP contribution in [0, 0.1) is 0 Å². The third-order valence-corrected chi connectivity index (χ3v) is 4.07. The number of aromatic amines is 1. The van der Waals surface area contributed by atoms with Gasteiger partial charge in [0.05, 0.1) is 11.3 Å². The largest absolute Gasteiger partial charge is 0.493 e. The van der Waals surface area contributed by atoms with E-state index in [-0.39, 0.29) is 33.8 Å². The third kappa shape index (κ3) is 5.01. The number of anilines is 1. The number of nitrogens with zero attached hydrogens (tertiary/aromatic N) is 1. The Labute approximate surface area is 142 Å². The molecule has 1 aromatic carbocycles. The summed E-state index contributed by atoms with van der Waals surface area (Å²) in [6.07, 6.45) is 1.18. The van der Waals surface area contributed by atoms with Crippen molar-refractivity contribution in [2.45, 2.75) is 24.9 Å². The molecule has 0 fully saturated rings. The molecule has 1 aromatic heterocycles. The lowest BCUT2D eigenvalue weighted by Gasteiger charge is -2.06. The van der Waals surface area contributed by atoms with Gasteiger partial charge in [0.15, 0.2) is 5.16 Å². The predicted octanol–water partition coefficient (Wildman–Crippen LogP) is 2.81. The summed E-state index contributed by atoms with van der Waals surface area (Å²) < 4.78 is 0. The summed E-state index contributed by atoms with van der Waals surface area (Å²) in [5.74, 6) is -0.480. The van der Waals surface area contributed by atoms with Crippen molar-refractivity contribution in [3.05, 3.63) is 45.2 Å². The fourth-order valence-corrected chi connectivity index (χ4v) is 2.66. The molecule has 0 bridgehead atoms. The van der Waals surface area contributed by atoms with Gasteiger partial charge in [0.2, 0.25) is 11.8 Å². The Morgan fingerprint density at radius 1 is 1.39 bits per heavy atom. The summed E-state index contributed by atoms with van der Waals surface area (Å²) in [7, 11) is 0. The van der Waals surface area contributed by atoms with E-state index in [1.165, 1.54) is 0 Å². The highest BCUT2D eigenvalue weighted by Crippen LogP contribution is 2.18. The lowest BCUT2D eigenvalue weighted by atomic mass is 10.2. The maximum Gasteiger partial charge on any atom is 0.258 e. The maximum absolute atomic E-state index is 11.9. The number of thioether (sulfide) groups is 1. The van der Waals surface area contributed by atoms with Gasteiger partial charge in [-0.15, -0.1) is 0 Å². The van der Waals surface area contributed by atoms with Crippen LogP contribution in [0.5, 0.6) is 5.88 Å². The molecule has 2 rings (SSSR count). The first kappa shape index (κ1) is 17.4. The second-order valence-electron chi connectivity index (χ2n) is 4.77. The number of carbonyl (C=O) groups excluding carboxylic acids is 1. The Kier molecular flexibility index (Phi) is 6.06. The normalized spacial score (nSPS) is 10.5. The summed E-state index contributed by atoms with van der Waals surface area (Å²) >= 11 is 6.81. The van der Waals surface area contributed by atoms with Crippen LogP contribution >= 0.6 is 23.4 Å². The van der Waals surface area contributed by atoms with Crippen molar-refractivity contribution in [2.24, 2.45) is 0 Å². The molecule has 0 aliphatic carbocycles. The summed E-state index contributed by atoms with van der Waals surface area (Å²) in [4.78, 5) is 30.2. The summed E-state index contributed by atoms with van der Waals surface area (Å²) in [6.45, 7) is 1.91. The Hall–Kier alpha value is -1.99. The van der Waals surface area contributed by atoms with Crippen molar-refractivity contribution in [1.29, 1.82) is 0 Å². The van der Waals surface area contributed by atoms with Crippen molar-refractivity contribution in [2.75, 3.05) is 11.1 Å². The number of nitrogens with one attached hydrogen (secondary N) is 2. The lowest BCUT2D eigenvalue weighted by Crippen LogP contribution is -2.17. The molecule has 0 radical (unpaired) electrons. The van der Waals surface area contributed by atoms with Crippen LogP contribution in [0.2, 0.25) is 5.02 Å². The molecule has 0 atom stereocenters. The van der Waals surface area contributed by atoms with Gasteiger partial charge in [-0.05, 0) is 30.7 Å². The molecule has 122 valence electrons. The number of hydrogen-bond donors (Lipinski definition) is 3. The van der Waals surface area contributed by atoms with Gasteiger partial charge in [-0.2, -0.15) is 4.98 Å². The summed E-state index contributed by atoms with van der Waals surface area (Å²) in [5.41, 5.74) is 0.519. The van der Waals surface area contributed by atoms with Crippen molar-refractivity contribution < 1.29 is 9.90 Å². The van der Waals surface area contributed by atoms with Gasteiger partial charge < -0.3 is 15.4 Å². The minimum atomic E-state index is -0.375. The average molecular weight is 354 g/mol. The zero-order chi connectivity index (χ0) is 16.8. The third-order valence-electron chi connectivity index (χ3n) is 2.94. The van der Waals surface area contributed by atoms with E-state index in [0.717, 1.165) is 18.2 Å². The van der Waals surface area contributed by atoms with Gasteiger partial charge in [-0.3, -0.25) is 9.59 Å². The molecule has 0 saturated heterocycles. The van der Waals surface area contributed by atoms with Gasteiger partial charge in [-0.1, -0.05) is 36.7 Å². The van der Waals surface area contributed by atoms with E-state index >= 15 is 0 Å². The minimum absolute atomic E-state index is 0.0537. The SMILES string of the molecule is CCCc1c(O)nc(SCC(=O)Nc2ccc(Cl)cc2)[nH]c1=O. The zero-order valence-corrected chi connectivity index (χ0v) is 14.0. The second kappa shape index (κ2) is 8.03. The van der Waals surface area contributed by atoms with Crippen LogP contribution in [0.4, 0.5) is 5.69 Å². The average Bonchev–Trinajstić information content (AvgIpc) is 2.51. The van der Waals surface area contributed by atoms with Crippen molar-refractivity contribution in [3.63, 3.8) is 0 Å². The Morgan fingerprint density at radius 3 is 2.70 bits per heavy atom. The van der Waals surface area contributed by atoms with E-state index in [1.54, 1.807) is 24.3 Å². The molecule has 6 nitrogen and oxygen atoms in total. The minimum Gasteiger partial charge on any atom is -0.493 e. The molecule has 0 aliphatic rings. The highest BCUT2D eigenvalue weighted by Gasteiger charge is 2.11. The van der Waals surface area contributed by atoms with Crippen LogP contribution in [0.15, 0.2) is 34.2 Å². The van der Waals surface area contributed by atoms with Crippen LogP contribution in [0.25, 0.3) is 0 Å². The van der Waals surface area contributed by atoms with Gasteiger partial charge in [-0.25, -0.2) is 0 Å². The Morgan fingerprint density at radius 2 is 2.09 bits per heavy atom. The molecule has 0 saturated carbocycles. The summed E-state index contributed by atoms with van der Waals surface area (Å²) in [5, 5.41) is 13.3. The molecule has 0 aliphatic heterocycles. The first-order chi connectivity index (χ1) is 11.0. The van der Waals surface area contributed by atoms with Gasteiger partial charge in [0.25, 0.3) is 5.56 Å². The predicted molar refractivity (Wildman–Crippen MR) is 91.3 cm³/mol. The number of carbonyl (C=O) groups is 1. The van der Waals surface area contributed by atoms with E-state index < -0.39 is 0 Å².